The molecule has 0 atom stereocenters. The lowest BCUT2D eigenvalue weighted by Gasteiger charge is -2.11. The molecule has 2 aromatic rings. The number of rotatable bonds is 9. The van der Waals surface area contributed by atoms with Gasteiger partial charge in [-0.3, -0.25) is 4.79 Å². The minimum Gasteiger partial charge on any atom is -0.484 e. The number of benzene rings is 2. The third kappa shape index (κ3) is 9.03. The second-order valence-corrected chi connectivity index (χ2v) is 5.90. The predicted octanol–water partition coefficient (Wildman–Crippen LogP) is 2.61. The van der Waals surface area contributed by atoms with Gasteiger partial charge in [0, 0.05) is 13.1 Å². The third-order valence-electron chi connectivity index (χ3n) is 3.69. The van der Waals surface area contributed by atoms with E-state index in [-0.39, 0.29) is 36.4 Å². The number of primary amides is 1. The van der Waals surface area contributed by atoms with Crippen LogP contribution >= 0.6 is 24.0 Å². The predicted molar refractivity (Wildman–Crippen MR) is 119 cm³/mol. The average molecular weight is 500 g/mol. The fraction of sp³-hybridized carbons (Fsp3) is 0.300. The van der Waals surface area contributed by atoms with E-state index in [1.165, 1.54) is 12.1 Å². The molecule has 0 aliphatic heterocycles. The first-order valence-electron chi connectivity index (χ1n) is 8.83. The first-order valence-corrected chi connectivity index (χ1v) is 8.83. The SMILES string of the molecule is CCNC(=NCc1ccc(F)cc1)NCCc1ccc(OCC(N)=O)cc1.I. The molecular weight excluding hydrogens is 474 g/mol. The summed E-state index contributed by atoms with van der Waals surface area (Å²) in [5.74, 6) is 0.570. The van der Waals surface area contributed by atoms with Gasteiger partial charge in [-0.15, -0.1) is 24.0 Å². The number of nitrogens with one attached hydrogen (secondary N) is 2. The van der Waals surface area contributed by atoms with Crippen molar-refractivity contribution in [2.75, 3.05) is 19.7 Å². The first-order chi connectivity index (χ1) is 13.1. The van der Waals surface area contributed by atoms with E-state index in [4.69, 9.17) is 10.5 Å². The molecule has 8 heteroatoms. The van der Waals surface area contributed by atoms with E-state index < -0.39 is 5.91 Å². The van der Waals surface area contributed by atoms with Crippen molar-refractivity contribution in [3.63, 3.8) is 0 Å². The number of halogens is 2. The maximum Gasteiger partial charge on any atom is 0.255 e. The number of amides is 1. The Balaban J connectivity index is 0.00000392. The number of hydrogen-bond donors (Lipinski definition) is 3. The maximum absolute atomic E-state index is 12.9. The van der Waals surface area contributed by atoms with Gasteiger partial charge < -0.3 is 21.1 Å². The molecule has 0 aliphatic rings. The second kappa shape index (κ2) is 12.9. The van der Waals surface area contributed by atoms with E-state index in [1.807, 2.05) is 31.2 Å². The molecule has 0 bridgehead atoms. The topological polar surface area (TPSA) is 88.7 Å². The fourth-order valence-electron chi connectivity index (χ4n) is 2.33. The third-order valence-corrected chi connectivity index (χ3v) is 3.69. The Bertz CT molecular complexity index is 752. The fourth-order valence-corrected chi connectivity index (χ4v) is 2.33. The number of nitrogens with two attached hydrogens (primary N) is 1. The van der Waals surface area contributed by atoms with Crippen molar-refractivity contribution in [3.8, 4) is 5.75 Å². The van der Waals surface area contributed by atoms with Gasteiger partial charge in [-0.25, -0.2) is 9.38 Å². The summed E-state index contributed by atoms with van der Waals surface area (Å²) in [5.41, 5.74) is 7.12. The van der Waals surface area contributed by atoms with Crippen LogP contribution in [0.4, 0.5) is 4.39 Å². The minimum atomic E-state index is -0.501. The normalized spacial score (nSPS) is 10.7. The van der Waals surface area contributed by atoms with E-state index in [2.05, 4.69) is 15.6 Å². The number of carbonyl (C=O) groups excluding carboxylic acids is 1. The van der Waals surface area contributed by atoms with Crippen molar-refractivity contribution in [2.45, 2.75) is 19.9 Å². The Morgan fingerprint density at radius 3 is 2.32 bits per heavy atom. The van der Waals surface area contributed by atoms with Crippen LogP contribution in [0, 0.1) is 5.82 Å². The Hall–Kier alpha value is -2.36. The number of guanidine groups is 1. The average Bonchev–Trinajstić information content (AvgIpc) is 2.66. The molecule has 28 heavy (non-hydrogen) atoms. The molecular formula is C20H26FIN4O2. The number of hydrogen-bond acceptors (Lipinski definition) is 3. The number of carbonyl (C=O) groups is 1. The highest BCUT2D eigenvalue weighted by Gasteiger charge is 2.01. The highest BCUT2D eigenvalue weighted by Crippen LogP contribution is 2.12. The Labute approximate surface area is 181 Å². The summed E-state index contributed by atoms with van der Waals surface area (Å²) in [5, 5.41) is 6.47. The number of aliphatic imine (C=N–C) groups is 1. The maximum atomic E-state index is 12.9. The largest absolute Gasteiger partial charge is 0.484 e. The van der Waals surface area contributed by atoms with Gasteiger partial charge in [0.2, 0.25) is 0 Å². The van der Waals surface area contributed by atoms with Gasteiger partial charge in [0.25, 0.3) is 5.91 Å². The van der Waals surface area contributed by atoms with E-state index in [1.54, 1.807) is 12.1 Å². The van der Waals surface area contributed by atoms with Gasteiger partial charge in [0.15, 0.2) is 12.6 Å². The van der Waals surface area contributed by atoms with Crippen LogP contribution in [-0.4, -0.2) is 31.6 Å². The highest BCUT2D eigenvalue weighted by molar-refractivity contribution is 14.0. The summed E-state index contributed by atoms with van der Waals surface area (Å²) in [6.07, 6.45) is 0.803. The van der Waals surface area contributed by atoms with Crippen LogP contribution in [0.5, 0.6) is 5.75 Å². The molecule has 0 spiro atoms. The van der Waals surface area contributed by atoms with Crippen LogP contribution in [0.3, 0.4) is 0 Å². The molecule has 2 rings (SSSR count). The van der Waals surface area contributed by atoms with Crippen molar-refractivity contribution in [1.82, 2.24) is 10.6 Å². The van der Waals surface area contributed by atoms with Crippen LogP contribution in [0.1, 0.15) is 18.1 Å². The highest BCUT2D eigenvalue weighted by atomic mass is 127. The Morgan fingerprint density at radius 1 is 1.07 bits per heavy atom. The van der Waals surface area contributed by atoms with E-state index >= 15 is 0 Å². The molecule has 0 radical (unpaired) electrons. The van der Waals surface area contributed by atoms with Crippen molar-refractivity contribution in [3.05, 3.63) is 65.5 Å². The van der Waals surface area contributed by atoms with Gasteiger partial charge in [-0.1, -0.05) is 24.3 Å². The van der Waals surface area contributed by atoms with Gasteiger partial charge in [-0.2, -0.15) is 0 Å². The zero-order valence-corrected chi connectivity index (χ0v) is 18.1. The molecule has 0 aliphatic carbocycles. The lowest BCUT2D eigenvalue weighted by Crippen LogP contribution is -2.38. The molecule has 0 saturated heterocycles. The van der Waals surface area contributed by atoms with E-state index in [0.717, 1.165) is 24.1 Å². The quantitative estimate of drug-likeness (QED) is 0.281. The molecule has 1 amide bonds. The molecule has 0 unspecified atom stereocenters. The smallest absolute Gasteiger partial charge is 0.255 e. The Morgan fingerprint density at radius 2 is 1.71 bits per heavy atom. The molecule has 4 N–H and O–H groups in total. The lowest BCUT2D eigenvalue weighted by atomic mass is 10.1. The van der Waals surface area contributed by atoms with Crippen molar-refractivity contribution >= 4 is 35.8 Å². The summed E-state index contributed by atoms with van der Waals surface area (Å²) < 4.78 is 18.2. The van der Waals surface area contributed by atoms with Crippen molar-refractivity contribution < 1.29 is 13.9 Å². The van der Waals surface area contributed by atoms with Gasteiger partial charge in [0.05, 0.1) is 6.54 Å². The molecule has 0 aromatic heterocycles. The number of nitrogens with zero attached hydrogens (tertiary/aromatic N) is 1. The van der Waals surface area contributed by atoms with Gasteiger partial charge in [0.1, 0.15) is 11.6 Å². The first kappa shape index (κ1) is 23.7. The van der Waals surface area contributed by atoms with E-state index in [0.29, 0.717) is 24.8 Å². The minimum absolute atomic E-state index is 0. The van der Waals surface area contributed by atoms with Crippen LogP contribution < -0.4 is 21.1 Å². The summed E-state index contributed by atoms with van der Waals surface area (Å²) in [6.45, 7) is 3.80. The zero-order valence-electron chi connectivity index (χ0n) is 15.8. The van der Waals surface area contributed by atoms with Crippen LogP contribution in [0.2, 0.25) is 0 Å². The van der Waals surface area contributed by atoms with Crippen LogP contribution in [0.15, 0.2) is 53.5 Å². The van der Waals surface area contributed by atoms with E-state index in [9.17, 15) is 9.18 Å². The molecule has 0 heterocycles. The van der Waals surface area contributed by atoms with Crippen LogP contribution in [0.25, 0.3) is 0 Å². The van der Waals surface area contributed by atoms with Gasteiger partial charge >= 0.3 is 0 Å². The molecule has 2 aromatic carbocycles. The molecule has 152 valence electrons. The second-order valence-electron chi connectivity index (χ2n) is 5.90. The van der Waals surface area contributed by atoms with Gasteiger partial charge in [-0.05, 0) is 48.7 Å². The molecule has 6 nitrogen and oxygen atoms in total. The summed E-state index contributed by atoms with van der Waals surface area (Å²) in [4.78, 5) is 15.2. The molecule has 0 fully saturated rings. The monoisotopic (exact) mass is 500 g/mol. The van der Waals surface area contributed by atoms with Crippen LogP contribution in [-0.2, 0) is 17.8 Å². The lowest BCUT2D eigenvalue weighted by molar-refractivity contribution is -0.119. The zero-order chi connectivity index (χ0) is 19.5. The molecule has 0 saturated carbocycles. The standard InChI is InChI=1S/C20H25FN4O2.HI/c1-2-23-20(25-13-16-3-7-17(21)8-4-16)24-12-11-15-5-9-18(10-6-15)27-14-19(22)26;/h3-10H,2,11-14H2,1H3,(H2,22,26)(H2,23,24,25);1H. The summed E-state index contributed by atoms with van der Waals surface area (Å²) in [7, 11) is 0. The number of ether oxygens (including phenoxy) is 1. The summed E-state index contributed by atoms with van der Waals surface area (Å²) in [6, 6.07) is 13.8. The van der Waals surface area contributed by atoms with Crippen molar-refractivity contribution in [1.29, 1.82) is 0 Å². The summed E-state index contributed by atoms with van der Waals surface area (Å²) >= 11 is 0. The van der Waals surface area contributed by atoms with Crippen molar-refractivity contribution in [2.24, 2.45) is 10.7 Å². The Kier molecular flexibility index (Phi) is 10.9.